The lowest BCUT2D eigenvalue weighted by Crippen LogP contribution is -2.34. The fourth-order valence-corrected chi connectivity index (χ4v) is 3.47. The number of esters is 1. The summed E-state index contributed by atoms with van der Waals surface area (Å²) < 4.78 is 4.89. The number of rotatable bonds is 5. The van der Waals surface area contributed by atoms with E-state index in [1.165, 1.54) is 7.11 Å². The van der Waals surface area contributed by atoms with E-state index in [0.717, 1.165) is 0 Å². The van der Waals surface area contributed by atoms with Crippen LogP contribution in [0.5, 0.6) is 5.75 Å². The number of ether oxygens (including phenoxy) is 1. The number of nitrogens with one attached hydrogen (secondary N) is 1. The molecule has 0 saturated heterocycles. The van der Waals surface area contributed by atoms with Crippen molar-refractivity contribution in [1.29, 1.82) is 0 Å². The molecule has 3 aromatic carbocycles. The molecular weight excluding hydrogens is 392 g/mol. The van der Waals surface area contributed by atoms with Crippen LogP contribution >= 0.6 is 0 Å². The summed E-state index contributed by atoms with van der Waals surface area (Å²) in [6, 6.07) is 23.9. The first-order valence-corrected chi connectivity index (χ1v) is 9.71. The minimum atomic E-state index is -1.02. The van der Waals surface area contributed by atoms with Gasteiger partial charge in [-0.3, -0.25) is 4.79 Å². The number of pyridine rings is 1. The second kappa shape index (κ2) is 8.67. The highest BCUT2D eigenvalue weighted by Crippen LogP contribution is 2.35. The molecule has 31 heavy (non-hydrogen) atoms. The zero-order chi connectivity index (χ0) is 21.8. The van der Waals surface area contributed by atoms with Crippen LogP contribution in [0.1, 0.15) is 22.0 Å². The molecule has 0 aliphatic heterocycles. The van der Waals surface area contributed by atoms with Gasteiger partial charge in [0.05, 0.1) is 18.2 Å². The molecular formula is C25H20N2O4. The maximum Gasteiger partial charge on any atom is 0.333 e. The highest BCUT2D eigenvalue weighted by atomic mass is 16.5. The molecule has 4 rings (SSSR count). The lowest BCUT2D eigenvalue weighted by atomic mass is 10.0. The fraction of sp³-hybridized carbons (Fsp3) is 0.0800. The molecule has 1 heterocycles. The van der Waals surface area contributed by atoms with Crippen molar-refractivity contribution in [1.82, 2.24) is 10.3 Å². The van der Waals surface area contributed by atoms with E-state index in [1.54, 1.807) is 54.6 Å². The van der Waals surface area contributed by atoms with Crippen molar-refractivity contribution in [3.05, 3.63) is 96.1 Å². The topological polar surface area (TPSA) is 88.5 Å². The van der Waals surface area contributed by atoms with E-state index >= 15 is 0 Å². The Hall–Kier alpha value is -4.19. The molecule has 1 atom stereocenters. The number of aromatic nitrogens is 1. The van der Waals surface area contributed by atoms with Crippen LogP contribution in [-0.2, 0) is 9.53 Å². The van der Waals surface area contributed by atoms with E-state index in [-0.39, 0.29) is 11.3 Å². The molecule has 0 aliphatic rings. The largest absolute Gasteiger partial charge is 0.505 e. The first-order valence-electron chi connectivity index (χ1n) is 9.71. The zero-order valence-electron chi connectivity index (χ0n) is 16.8. The van der Waals surface area contributed by atoms with Gasteiger partial charge in [-0.05, 0) is 11.6 Å². The van der Waals surface area contributed by atoms with Crippen LogP contribution in [0.2, 0.25) is 0 Å². The maximum absolute atomic E-state index is 13.4. The minimum Gasteiger partial charge on any atom is -0.505 e. The Morgan fingerprint density at radius 2 is 1.52 bits per heavy atom. The van der Waals surface area contributed by atoms with Crippen molar-refractivity contribution in [3.8, 4) is 17.0 Å². The summed E-state index contributed by atoms with van der Waals surface area (Å²) in [6.45, 7) is 0. The van der Waals surface area contributed by atoms with Crippen LogP contribution in [0.4, 0.5) is 0 Å². The number of para-hydroxylation sites is 1. The highest BCUT2D eigenvalue weighted by molar-refractivity contribution is 6.11. The number of carbonyl (C=O) groups excluding carboxylic acids is 2. The molecule has 0 radical (unpaired) electrons. The van der Waals surface area contributed by atoms with Gasteiger partial charge in [-0.2, -0.15) is 0 Å². The average molecular weight is 412 g/mol. The van der Waals surface area contributed by atoms with E-state index in [0.29, 0.717) is 27.7 Å². The quantitative estimate of drug-likeness (QED) is 0.479. The molecule has 2 N–H and O–H groups in total. The maximum atomic E-state index is 13.4. The van der Waals surface area contributed by atoms with Gasteiger partial charge in [0.25, 0.3) is 5.91 Å². The van der Waals surface area contributed by atoms with Gasteiger partial charge < -0.3 is 15.2 Å². The number of aromatic hydroxyl groups is 1. The van der Waals surface area contributed by atoms with Crippen molar-refractivity contribution >= 4 is 22.8 Å². The summed E-state index contributed by atoms with van der Waals surface area (Å²) in [5.74, 6) is -1.47. The van der Waals surface area contributed by atoms with Crippen molar-refractivity contribution in [2.45, 2.75) is 6.04 Å². The lowest BCUT2D eigenvalue weighted by Gasteiger charge is -2.19. The molecule has 0 aliphatic carbocycles. The van der Waals surface area contributed by atoms with Crippen molar-refractivity contribution in [2.75, 3.05) is 7.11 Å². The van der Waals surface area contributed by atoms with Crippen molar-refractivity contribution < 1.29 is 19.4 Å². The Balaban J connectivity index is 1.83. The summed E-state index contributed by atoms with van der Waals surface area (Å²) in [6.07, 6.45) is 0. The van der Waals surface area contributed by atoms with Crippen molar-refractivity contribution in [2.24, 2.45) is 0 Å². The Labute approximate surface area is 179 Å². The minimum absolute atomic E-state index is 0.0503. The normalized spacial score (nSPS) is 11.6. The van der Waals surface area contributed by atoms with Crippen LogP contribution in [-0.4, -0.2) is 29.1 Å². The summed E-state index contributed by atoms with van der Waals surface area (Å²) in [5.41, 5.74) is 2.14. The standard InChI is InChI=1S/C25H20N2O4/c1-31-25(30)22(17-12-6-3-7-13-17)27-24(29)20-18-14-8-9-15-19(18)26-21(23(20)28)16-10-4-2-5-11-16/h2-15,22,28H,1H3,(H,27,29). The lowest BCUT2D eigenvalue weighted by molar-refractivity contribution is -0.143. The van der Waals surface area contributed by atoms with Crippen LogP contribution in [0.15, 0.2) is 84.9 Å². The molecule has 0 fully saturated rings. The van der Waals surface area contributed by atoms with E-state index in [1.807, 2.05) is 30.3 Å². The number of nitrogens with zero attached hydrogens (tertiary/aromatic N) is 1. The first kappa shape index (κ1) is 20.1. The van der Waals surface area contributed by atoms with Gasteiger partial charge in [0, 0.05) is 10.9 Å². The number of carbonyl (C=O) groups is 2. The molecule has 0 saturated carbocycles. The predicted molar refractivity (Wildman–Crippen MR) is 118 cm³/mol. The Morgan fingerprint density at radius 3 is 2.19 bits per heavy atom. The van der Waals surface area contributed by atoms with Gasteiger partial charge in [0.15, 0.2) is 11.8 Å². The fourth-order valence-electron chi connectivity index (χ4n) is 3.47. The number of amides is 1. The van der Waals surface area contributed by atoms with E-state index in [2.05, 4.69) is 10.3 Å². The number of benzene rings is 3. The predicted octanol–water partition coefficient (Wildman–Crippen LogP) is 4.25. The smallest absolute Gasteiger partial charge is 0.333 e. The molecule has 6 nitrogen and oxygen atoms in total. The molecule has 0 bridgehead atoms. The van der Waals surface area contributed by atoms with Crippen LogP contribution in [0.3, 0.4) is 0 Å². The summed E-state index contributed by atoms with van der Waals surface area (Å²) in [7, 11) is 1.26. The third-order valence-electron chi connectivity index (χ3n) is 4.99. The van der Waals surface area contributed by atoms with Gasteiger partial charge in [-0.15, -0.1) is 0 Å². The molecule has 1 amide bonds. The van der Waals surface area contributed by atoms with E-state index in [9.17, 15) is 14.7 Å². The van der Waals surface area contributed by atoms with Gasteiger partial charge in [-0.1, -0.05) is 78.9 Å². The number of hydrogen-bond acceptors (Lipinski definition) is 5. The molecule has 1 unspecified atom stereocenters. The van der Waals surface area contributed by atoms with Crippen molar-refractivity contribution in [3.63, 3.8) is 0 Å². The van der Waals surface area contributed by atoms with Crippen LogP contribution in [0, 0.1) is 0 Å². The van der Waals surface area contributed by atoms with Gasteiger partial charge in [0.2, 0.25) is 0 Å². The monoisotopic (exact) mass is 412 g/mol. The molecule has 154 valence electrons. The summed E-state index contributed by atoms with van der Waals surface area (Å²) >= 11 is 0. The SMILES string of the molecule is COC(=O)C(NC(=O)c1c(O)c(-c2ccccc2)nc2ccccc12)c1ccccc1. The van der Waals surface area contributed by atoms with Gasteiger partial charge in [-0.25, -0.2) is 9.78 Å². The molecule has 6 heteroatoms. The highest BCUT2D eigenvalue weighted by Gasteiger charge is 2.27. The van der Waals surface area contributed by atoms with Gasteiger partial charge in [0.1, 0.15) is 5.69 Å². The summed E-state index contributed by atoms with van der Waals surface area (Å²) in [5, 5.41) is 14.2. The second-order valence-corrected chi connectivity index (χ2v) is 6.91. The van der Waals surface area contributed by atoms with Crippen LogP contribution < -0.4 is 5.32 Å². The zero-order valence-corrected chi connectivity index (χ0v) is 16.8. The first-order chi connectivity index (χ1) is 15.1. The van der Waals surface area contributed by atoms with Gasteiger partial charge >= 0.3 is 5.97 Å². The third-order valence-corrected chi connectivity index (χ3v) is 4.99. The number of hydrogen-bond donors (Lipinski definition) is 2. The second-order valence-electron chi connectivity index (χ2n) is 6.91. The Morgan fingerprint density at radius 1 is 0.903 bits per heavy atom. The molecule has 4 aromatic rings. The third kappa shape index (κ3) is 3.96. The number of methoxy groups -OCH3 is 1. The molecule has 1 aromatic heterocycles. The number of fused-ring (bicyclic) bond motifs is 1. The van der Waals surface area contributed by atoms with E-state index in [4.69, 9.17) is 4.74 Å². The Kier molecular flexibility index (Phi) is 5.62. The van der Waals surface area contributed by atoms with E-state index < -0.39 is 17.9 Å². The Bertz CT molecular complexity index is 1240. The van der Waals surface area contributed by atoms with Crippen LogP contribution in [0.25, 0.3) is 22.2 Å². The summed E-state index contributed by atoms with van der Waals surface area (Å²) in [4.78, 5) is 30.3. The molecule has 0 spiro atoms. The average Bonchev–Trinajstić information content (AvgIpc) is 2.82.